The van der Waals surface area contributed by atoms with E-state index in [1.54, 1.807) is 11.8 Å². The number of nitrogens with one attached hydrogen (secondary N) is 1. The third-order valence-corrected chi connectivity index (χ3v) is 2.39. The highest BCUT2D eigenvalue weighted by atomic mass is 16.2. The molecule has 4 heteroatoms. The van der Waals surface area contributed by atoms with Crippen molar-refractivity contribution in [3.63, 3.8) is 0 Å². The Labute approximate surface area is 77.7 Å². The van der Waals surface area contributed by atoms with E-state index in [1.807, 2.05) is 0 Å². The zero-order valence-electron chi connectivity index (χ0n) is 7.87. The van der Waals surface area contributed by atoms with Gasteiger partial charge in [0.05, 0.1) is 18.0 Å². The molecule has 1 unspecified atom stereocenters. The SMILES string of the molecule is CC(=N)[C@@H]1CC(C#N)CN1C(C)=O. The molecule has 1 aliphatic rings. The molecule has 0 bridgehead atoms. The molecule has 0 aromatic carbocycles. The van der Waals surface area contributed by atoms with Crippen LogP contribution in [0.5, 0.6) is 0 Å². The van der Waals surface area contributed by atoms with Crippen molar-refractivity contribution < 1.29 is 4.79 Å². The van der Waals surface area contributed by atoms with Crippen LogP contribution >= 0.6 is 0 Å². The number of amides is 1. The van der Waals surface area contributed by atoms with Gasteiger partial charge in [-0.2, -0.15) is 5.26 Å². The molecule has 70 valence electrons. The monoisotopic (exact) mass is 179 g/mol. The zero-order valence-corrected chi connectivity index (χ0v) is 7.87. The van der Waals surface area contributed by atoms with E-state index >= 15 is 0 Å². The summed E-state index contributed by atoms with van der Waals surface area (Å²) >= 11 is 0. The van der Waals surface area contributed by atoms with Crippen molar-refractivity contribution in [2.24, 2.45) is 5.92 Å². The molecule has 0 spiro atoms. The van der Waals surface area contributed by atoms with Crippen molar-refractivity contribution in [2.75, 3.05) is 6.54 Å². The minimum atomic E-state index is -0.151. The van der Waals surface area contributed by atoms with Crippen molar-refractivity contribution >= 4 is 11.6 Å². The van der Waals surface area contributed by atoms with Gasteiger partial charge in [-0.1, -0.05) is 0 Å². The lowest BCUT2D eigenvalue weighted by Gasteiger charge is -2.21. The summed E-state index contributed by atoms with van der Waals surface area (Å²) < 4.78 is 0. The largest absolute Gasteiger partial charge is 0.333 e. The molecule has 1 saturated heterocycles. The first-order valence-electron chi connectivity index (χ1n) is 4.28. The Morgan fingerprint density at radius 1 is 1.62 bits per heavy atom. The second-order valence-corrected chi connectivity index (χ2v) is 3.43. The molecule has 1 heterocycles. The number of carbonyl (C=O) groups excluding carboxylic acids is 1. The molecule has 1 rings (SSSR count). The van der Waals surface area contributed by atoms with E-state index in [0.29, 0.717) is 18.7 Å². The van der Waals surface area contributed by atoms with Crippen LogP contribution < -0.4 is 0 Å². The highest BCUT2D eigenvalue weighted by Crippen LogP contribution is 2.23. The van der Waals surface area contributed by atoms with Gasteiger partial charge < -0.3 is 10.3 Å². The molecule has 1 amide bonds. The minimum absolute atomic E-state index is 0.0469. The van der Waals surface area contributed by atoms with E-state index in [1.165, 1.54) is 6.92 Å². The quantitative estimate of drug-likeness (QED) is 0.604. The lowest BCUT2D eigenvalue weighted by atomic mass is 10.1. The molecule has 0 aliphatic carbocycles. The summed E-state index contributed by atoms with van der Waals surface area (Å²) in [6.45, 7) is 3.64. The van der Waals surface area contributed by atoms with Gasteiger partial charge in [0.15, 0.2) is 0 Å². The Hall–Kier alpha value is -1.37. The van der Waals surface area contributed by atoms with E-state index < -0.39 is 0 Å². The summed E-state index contributed by atoms with van der Waals surface area (Å²) in [6, 6.07) is 1.99. The summed E-state index contributed by atoms with van der Waals surface area (Å²) in [5.74, 6) is -0.149. The molecule has 1 aliphatic heterocycles. The van der Waals surface area contributed by atoms with Crippen molar-refractivity contribution in [3.8, 4) is 6.07 Å². The third kappa shape index (κ3) is 1.86. The fraction of sp³-hybridized carbons (Fsp3) is 0.667. The number of nitrogens with zero attached hydrogens (tertiary/aromatic N) is 2. The molecule has 4 nitrogen and oxygen atoms in total. The van der Waals surface area contributed by atoms with Gasteiger partial charge in [-0.25, -0.2) is 0 Å². The van der Waals surface area contributed by atoms with Crippen LogP contribution in [0, 0.1) is 22.7 Å². The molecule has 0 aromatic rings. The zero-order chi connectivity index (χ0) is 10.0. The summed E-state index contributed by atoms with van der Waals surface area (Å²) in [4.78, 5) is 12.7. The van der Waals surface area contributed by atoms with Crippen LogP contribution in [0.15, 0.2) is 0 Å². The van der Waals surface area contributed by atoms with Crippen LogP contribution in [0.3, 0.4) is 0 Å². The number of carbonyl (C=O) groups is 1. The Morgan fingerprint density at radius 3 is 2.54 bits per heavy atom. The normalized spacial score (nSPS) is 27.0. The Kier molecular flexibility index (Phi) is 2.66. The average molecular weight is 179 g/mol. The van der Waals surface area contributed by atoms with Gasteiger partial charge in [-0.3, -0.25) is 4.79 Å². The lowest BCUT2D eigenvalue weighted by molar-refractivity contribution is -0.128. The standard InChI is InChI=1S/C9H13N3O/c1-6(11)9-3-8(4-10)5-12(9)7(2)13/h8-9,11H,3,5H2,1-2H3/t8?,9-/m0/s1. The smallest absolute Gasteiger partial charge is 0.220 e. The van der Waals surface area contributed by atoms with Crippen molar-refractivity contribution in [3.05, 3.63) is 0 Å². The average Bonchev–Trinajstić information content (AvgIpc) is 2.47. The minimum Gasteiger partial charge on any atom is -0.333 e. The van der Waals surface area contributed by atoms with E-state index in [4.69, 9.17) is 10.7 Å². The van der Waals surface area contributed by atoms with Crippen LogP contribution in [-0.4, -0.2) is 29.1 Å². The van der Waals surface area contributed by atoms with E-state index in [-0.39, 0.29) is 17.9 Å². The molecule has 1 fully saturated rings. The second kappa shape index (κ2) is 3.56. The maximum Gasteiger partial charge on any atom is 0.220 e. The Morgan fingerprint density at radius 2 is 2.23 bits per heavy atom. The van der Waals surface area contributed by atoms with Crippen LogP contribution in [0.1, 0.15) is 20.3 Å². The van der Waals surface area contributed by atoms with Crippen molar-refractivity contribution in [1.29, 1.82) is 10.7 Å². The van der Waals surface area contributed by atoms with E-state index in [2.05, 4.69) is 6.07 Å². The predicted molar refractivity (Wildman–Crippen MR) is 48.3 cm³/mol. The van der Waals surface area contributed by atoms with Crippen molar-refractivity contribution in [2.45, 2.75) is 26.3 Å². The third-order valence-electron chi connectivity index (χ3n) is 2.39. The number of likely N-dealkylation sites (tertiary alicyclic amines) is 1. The van der Waals surface area contributed by atoms with Gasteiger partial charge in [-0.05, 0) is 13.3 Å². The highest BCUT2D eigenvalue weighted by molar-refractivity contribution is 5.89. The molecular formula is C9H13N3O. The van der Waals surface area contributed by atoms with Gasteiger partial charge in [0.25, 0.3) is 0 Å². The van der Waals surface area contributed by atoms with Crippen LogP contribution in [0.4, 0.5) is 0 Å². The van der Waals surface area contributed by atoms with Gasteiger partial charge in [0.1, 0.15) is 0 Å². The highest BCUT2D eigenvalue weighted by Gasteiger charge is 2.34. The molecular weight excluding hydrogens is 166 g/mol. The van der Waals surface area contributed by atoms with Gasteiger partial charge >= 0.3 is 0 Å². The topological polar surface area (TPSA) is 68.0 Å². The molecule has 2 atom stereocenters. The maximum absolute atomic E-state index is 11.1. The lowest BCUT2D eigenvalue weighted by Crippen LogP contribution is -2.37. The summed E-state index contributed by atoms with van der Waals surface area (Å²) in [5.41, 5.74) is 0.466. The fourth-order valence-electron chi connectivity index (χ4n) is 1.69. The molecule has 0 radical (unpaired) electrons. The number of nitriles is 1. The number of hydrogen-bond donors (Lipinski definition) is 1. The summed E-state index contributed by atoms with van der Waals surface area (Å²) in [5, 5.41) is 16.2. The molecule has 1 N–H and O–H groups in total. The Balaban J connectivity index is 2.78. The molecule has 0 aromatic heterocycles. The van der Waals surface area contributed by atoms with Gasteiger partial charge in [-0.15, -0.1) is 0 Å². The van der Waals surface area contributed by atoms with Crippen LogP contribution in [0.2, 0.25) is 0 Å². The van der Waals surface area contributed by atoms with Gasteiger partial charge in [0.2, 0.25) is 5.91 Å². The first kappa shape index (κ1) is 9.72. The van der Waals surface area contributed by atoms with E-state index in [0.717, 1.165) is 0 Å². The molecule has 0 saturated carbocycles. The second-order valence-electron chi connectivity index (χ2n) is 3.43. The summed E-state index contributed by atoms with van der Waals surface area (Å²) in [6.07, 6.45) is 0.616. The Bertz CT molecular complexity index is 257. The van der Waals surface area contributed by atoms with Crippen LogP contribution in [0.25, 0.3) is 0 Å². The first-order valence-corrected chi connectivity index (χ1v) is 4.28. The first-order chi connectivity index (χ1) is 6.06. The summed E-state index contributed by atoms with van der Waals surface area (Å²) in [7, 11) is 0. The van der Waals surface area contributed by atoms with E-state index in [9.17, 15) is 4.79 Å². The number of rotatable bonds is 1. The van der Waals surface area contributed by atoms with Crippen LogP contribution in [-0.2, 0) is 4.79 Å². The maximum atomic E-state index is 11.1. The fourth-order valence-corrected chi connectivity index (χ4v) is 1.69. The van der Waals surface area contributed by atoms with Gasteiger partial charge in [0, 0.05) is 19.2 Å². The predicted octanol–water partition coefficient (Wildman–Crippen LogP) is 0.787. The van der Waals surface area contributed by atoms with Crippen molar-refractivity contribution in [1.82, 2.24) is 4.90 Å². The molecule has 13 heavy (non-hydrogen) atoms. The number of hydrogen-bond acceptors (Lipinski definition) is 3.